The Kier molecular flexibility index (Phi) is 6.53. The van der Waals surface area contributed by atoms with Crippen molar-refractivity contribution in [1.82, 2.24) is 10.2 Å². The van der Waals surface area contributed by atoms with Gasteiger partial charge in [0, 0.05) is 50.5 Å². The quantitative estimate of drug-likeness (QED) is 0.837. The van der Waals surface area contributed by atoms with Gasteiger partial charge in [0.05, 0.1) is 0 Å². The second kappa shape index (κ2) is 9.26. The van der Waals surface area contributed by atoms with Gasteiger partial charge >= 0.3 is 6.03 Å². The summed E-state index contributed by atoms with van der Waals surface area (Å²) in [5.41, 5.74) is 4.58. The van der Waals surface area contributed by atoms with E-state index in [1.807, 2.05) is 35.2 Å². The maximum Gasteiger partial charge on any atom is 0.319 e. The molecule has 6 nitrogen and oxygen atoms in total. The molecule has 6 heteroatoms. The summed E-state index contributed by atoms with van der Waals surface area (Å²) in [5, 5.41) is 5.49. The lowest BCUT2D eigenvalue weighted by molar-refractivity contribution is -0.131. The summed E-state index contributed by atoms with van der Waals surface area (Å²) in [6.07, 6.45) is 0.311. The minimum Gasteiger partial charge on any atom is -0.368 e. The second-order valence-electron chi connectivity index (χ2n) is 7.08. The molecule has 0 aromatic heterocycles. The number of hydrogen-bond donors (Lipinski definition) is 2. The molecule has 2 aromatic carbocycles. The van der Waals surface area contributed by atoms with Gasteiger partial charge in [-0.05, 0) is 43.2 Å². The molecule has 0 aliphatic carbocycles. The number of aryl methyl sites for hydroxylation is 1. The van der Waals surface area contributed by atoms with E-state index in [1.54, 1.807) is 0 Å². The normalized spacial score (nSPS) is 13.9. The molecule has 0 atom stereocenters. The molecular weight excluding hydrogens is 352 g/mol. The average Bonchev–Trinajstić information content (AvgIpc) is 2.71. The van der Waals surface area contributed by atoms with Crippen molar-refractivity contribution in [2.75, 3.05) is 42.9 Å². The number of amides is 3. The van der Waals surface area contributed by atoms with Crippen molar-refractivity contribution in [1.29, 1.82) is 0 Å². The van der Waals surface area contributed by atoms with Crippen molar-refractivity contribution < 1.29 is 9.59 Å². The topological polar surface area (TPSA) is 64.7 Å². The minimum atomic E-state index is -0.293. The van der Waals surface area contributed by atoms with Crippen LogP contribution in [0.5, 0.6) is 0 Å². The number of hydrogen-bond acceptors (Lipinski definition) is 3. The van der Waals surface area contributed by atoms with Crippen LogP contribution in [0.3, 0.4) is 0 Å². The van der Waals surface area contributed by atoms with Crippen molar-refractivity contribution in [3.05, 3.63) is 59.7 Å². The summed E-state index contributed by atoms with van der Waals surface area (Å²) in [5.74, 6) is 0.0839. The number of anilines is 2. The molecule has 1 saturated heterocycles. The summed E-state index contributed by atoms with van der Waals surface area (Å²) in [6, 6.07) is 15.3. The van der Waals surface area contributed by atoms with Crippen LogP contribution in [0.1, 0.15) is 17.5 Å². The van der Waals surface area contributed by atoms with E-state index in [0.717, 1.165) is 18.8 Å². The first kappa shape index (κ1) is 19.7. The predicted octanol–water partition coefficient (Wildman–Crippen LogP) is 3.16. The maximum absolute atomic E-state index is 12.4. The lowest BCUT2D eigenvalue weighted by Crippen LogP contribution is -2.49. The van der Waals surface area contributed by atoms with Gasteiger partial charge in [-0.15, -0.1) is 0 Å². The van der Waals surface area contributed by atoms with Gasteiger partial charge in [0.25, 0.3) is 0 Å². The average molecular weight is 380 g/mol. The van der Waals surface area contributed by atoms with E-state index in [9.17, 15) is 9.59 Å². The number of benzene rings is 2. The molecule has 148 valence electrons. The maximum atomic E-state index is 12.4. The molecule has 0 saturated carbocycles. The lowest BCUT2D eigenvalue weighted by atomic mass is 10.1. The Labute approximate surface area is 166 Å². The third-order valence-corrected chi connectivity index (χ3v) is 5.21. The second-order valence-corrected chi connectivity index (χ2v) is 7.08. The Balaban J connectivity index is 1.40. The molecule has 1 fully saturated rings. The van der Waals surface area contributed by atoms with Crippen molar-refractivity contribution >= 4 is 23.3 Å². The van der Waals surface area contributed by atoms with Crippen molar-refractivity contribution in [3.63, 3.8) is 0 Å². The summed E-state index contributed by atoms with van der Waals surface area (Å²) >= 11 is 0. The fourth-order valence-electron chi connectivity index (χ4n) is 3.41. The van der Waals surface area contributed by atoms with Gasteiger partial charge in [-0.2, -0.15) is 0 Å². The lowest BCUT2D eigenvalue weighted by Gasteiger charge is -2.37. The molecule has 1 aliphatic heterocycles. The summed E-state index contributed by atoms with van der Waals surface area (Å²) in [6.45, 7) is 7.68. The van der Waals surface area contributed by atoms with Crippen LogP contribution in [-0.4, -0.2) is 49.6 Å². The minimum absolute atomic E-state index is 0.0839. The summed E-state index contributed by atoms with van der Waals surface area (Å²) < 4.78 is 0. The number of para-hydroxylation sites is 1. The van der Waals surface area contributed by atoms with Crippen molar-refractivity contribution in [3.8, 4) is 0 Å². The first-order chi connectivity index (χ1) is 13.5. The zero-order chi connectivity index (χ0) is 19.9. The van der Waals surface area contributed by atoms with Crippen LogP contribution in [0.4, 0.5) is 16.2 Å². The fraction of sp³-hybridized carbons (Fsp3) is 0.364. The smallest absolute Gasteiger partial charge is 0.319 e. The SMILES string of the molecule is Cc1cccc(N2CCN(C(=O)CCNC(=O)Nc3ccccc3)CC2)c1C. The van der Waals surface area contributed by atoms with Gasteiger partial charge < -0.3 is 20.4 Å². The molecule has 2 aromatic rings. The molecule has 1 heterocycles. The van der Waals surface area contributed by atoms with Gasteiger partial charge in [-0.1, -0.05) is 30.3 Å². The van der Waals surface area contributed by atoms with Gasteiger partial charge in [-0.3, -0.25) is 4.79 Å². The summed E-state index contributed by atoms with van der Waals surface area (Å²) in [4.78, 5) is 28.5. The van der Waals surface area contributed by atoms with Crippen molar-refractivity contribution in [2.45, 2.75) is 20.3 Å². The molecule has 2 N–H and O–H groups in total. The molecule has 3 amide bonds. The van der Waals surface area contributed by atoms with E-state index in [4.69, 9.17) is 0 Å². The van der Waals surface area contributed by atoms with E-state index in [0.29, 0.717) is 26.1 Å². The first-order valence-corrected chi connectivity index (χ1v) is 9.73. The van der Waals surface area contributed by atoms with E-state index in [2.05, 4.69) is 47.6 Å². The van der Waals surface area contributed by atoms with Crippen LogP contribution in [-0.2, 0) is 4.79 Å². The largest absolute Gasteiger partial charge is 0.368 e. The highest BCUT2D eigenvalue weighted by atomic mass is 16.2. The molecule has 0 radical (unpaired) electrons. The Bertz CT molecular complexity index is 815. The number of carbonyl (C=O) groups is 2. The van der Waals surface area contributed by atoms with E-state index >= 15 is 0 Å². The number of piperazine rings is 1. The molecule has 0 bridgehead atoms. The van der Waals surface area contributed by atoms with Gasteiger partial charge in [0.1, 0.15) is 0 Å². The molecule has 1 aliphatic rings. The molecule has 0 spiro atoms. The predicted molar refractivity (Wildman–Crippen MR) is 113 cm³/mol. The first-order valence-electron chi connectivity index (χ1n) is 9.73. The Morgan fingerprint density at radius 1 is 0.929 bits per heavy atom. The molecule has 28 heavy (non-hydrogen) atoms. The van der Waals surface area contributed by atoms with Crippen molar-refractivity contribution in [2.24, 2.45) is 0 Å². The van der Waals surface area contributed by atoms with Gasteiger partial charge in [0.15, 0.2) is 0 Å². The van der Waals surface area contributed by atoms with Crippen LogP contribution in [0, 0.1) is 13.8 Å². The number of carbonyl (C=O) groups excluding carboxylic acids is 2. The van der Waals surface area contributed by atoms with E-state index in [1.165, 1.54) is 16.8 Å². The number of nitrogens with zero attached hydrogens (tertiary/aromatic N) is 2. The van der Waals surface area contributed by atoms with Crippen LogP contribution in [0.15, 0.2) is 48.5 Å². The van der Waals surface area contributed by atoms with E-state index < -0.39 is 0 Å². The Morgan fingerprint density at radius 3 is 2.36 bits per heavy atom. The third kappa shape index (κ3) is 5.03. The van der Waals surface area contributed by atoms with Crippen LogP contribution < -0.4 is 15.5 Å². The monoisotopic (exact) mass is 380 g/mol. The Morgan fingerprint density at radius 2 is 1.64 bits per heavy atom. The van der Waals surface area contributed by atoms with Crippen LogP contribution >= 0.6 is 0 Å². The highest BCUT2D eigenvalue weighted by Gasteiger charge is 2.22. The standard InChI is InChI=1S/C22H28N4O2/c1-17-7-6-10-20(18(17)2)25-13-15-26(16-14-25)21(27)11-12-23-22(28)24-19-8-4-3-5-9-19/h3-10H,11-16H2,1-2H3,(H2,23,24,28). The summed E-state index contributed by atoms with van der Waals surface area (Å²) in [7, 11) is 0. The number of nitrogens with one attached hydrogen (secondary N) is 2. The molecule has 0 unspecified atom stereocenters. The number of urea groups is 1. The van der Waals surface area contributed by atoms with Crippen LogP contribution in [0.25, 0.3) is 0 Å². The van der Waals surface area contributed by atoms with Gasteiger partial charge in [-0.25, -0.2) is 4.79 Å². The zero-order valence-corrected chi connectivity index (χ0v) is 16.6. The molecule has 3 rings (SSSR count). The number of rotatable bonds is 5. The van der Waals surface area contributed by atoms with E-state index in [-0.39, 0.29) is 11.9 Å². The third-order valence-electron chi connectivity index (χ3n) is 5.21. The zero-order valence-electron chi connectivity index (χ0n) is 16.6. The highest BCUT2D eigenvalue weighted by Crippen LogP contribution is 2.23. The van der Waals surface area contributed by atoms with Crippen LogP contribution in [0.2, 0.25) is 0 Å². The molecular formula is C22H28N4O2. The fourth-order valence-corrected chi connectivity index (χ4v) is 3.41. The Hall–Kier alpha value is -3.02. The highest BCUT2D eigenvalue weighted by molar-refractivity contribution is 5.89. The van der Waals surface area contributed by atoms with Gasteiger partial charge in [0.2, 0.25) is 5.91 Å².